The lowest BCUT2D eigenvalue weighted by Gasteiger charge is -2.30. The highest BCUT2D eigenvalue weighted by Crippen LogP contribution is 2.44. The summed E-state index contributed by atoms with van der Waals surface area (Å²) in [5.74, 6) is -3.27. The van der Waals surface area contributed by atoms with E-state index in [1.807, 2.05) is 0 Å². The van der Waals surface area contributed by atoms with E-state index in [1.165, 1.54) is 6.07 Å². The molecule has 118 valence electrons. The molecule has 2 aromatic carbocycles. The monoisotopic (exact) mass is 314 g/mol. The highest BCUT2D eigenvalue weighted by atomic mass is 16.3. The SMILES string of the molecule is CC(=O)CC1(O)C(=O)c2ccc(C)c3c(O)cc(O)c(c23)C1=O. The fraction of sp³-hybridized carbons (Fsp3) is 0.235. The van der Waals surface area contributed by atoms with Crippen molar-refractivity contribution in [3.8, 4) is 11.5 Å². The van der Waals surface area contributed by atoms with Crippen LogP contribution in [0.1, 0.15) is 39.6 Å². The van der Waals surface area contributed by atoms with E-state index in [-0.39, 0.29) is 27.6 Å². The van der Waals surface area contributed by atoms with Gasteiger partial charge in [0.25, 0.3) is 0 Å². The van der Waals surface area contributed by atoms with Crippen LogP contribution in [0, 0.1) is 6.92 Å². The van der Waals surface area contributed by atoms with Gasteiger partial charge in [0, 0.05) is 28.8 Å². The molecule has 0 saturated carbocycles. The molecule has 23 heavy (non-hydrogen) atoms. The van der Waals surface area contributed by atoms with Crippen LogP contribution in [-0.2, 0) is 4.79 Å². The largest absolute Gasteiger partial charge is 0.507 e. The van der Waals surface area contributed by atoms with Crippen LogP contribution in [-0.4, -0.2) is 38.3 Å². The molecule has 1 aliphatic rings. The van der Waals surface area contributed by atoms with Crippen molar-refractivity contribution in [1.29, 1.82) is 0 Å². The van der Waals surface area contributed by atoms with E-state index in [1.54, 1.807) is 13.0 Å². The first-order chi connectivity index (χ1) is 10.7. The number of hydrogen-bond donors (Lipinski definition) is 3. The standard InChI is InChI=1S/C17H14O6/c1-7-3-4-9-13-12(7)10(19)5-11(20)14(13)16(22)17(23,15(9)21)6-8(2)18/h3-5,19-20,23H,6H2,1-2H3. The van der Waals surface area contributed by atoms with Crippen molar-refractivity contribution in [3.05, 3.63) is 34.9 Å². The minimum atomic E-state index is -2.53. The van der Waals surface area contributed by atoms with Gasteiger partial charge < -0.3 is 15.3 Å². The Morgan fingerprint density at radius 2 is 1.74 bits per heavy atom. The van der Waals surface area contributed by atoms with Crippen molar-refractivity contribution in [1.82, 2.24) is 0 Å². The van der Waals surface area contributed by atoms with E-state index in [0.29, 0.717) is 5.56 Å². The van der Waals surface area contributed by atoms with E-state index in [4.69, 9.17) is 0 Å². The second kappa shape index (κ2) is 4.63. The molecule has 0 fully saturated rings. The molecule has 0 saturated heterocycles. The first-order valence-electron chi connectivity index (χ1n) is 6.98. The van der Waals surface area contributed by atoms with Crippen LogP contribution >= 0.6 is 0 Å². The molecule has 0 radical (unpaired) electrons. The molecule has 6 heteroatoms. The van der Waals surface area contributed by atoms with Gasteiger partial charge in [-0.15, -0.1) is 0 Å². The van der Waals surface area contributed by atoms with Gasteiger partial charge in [-0.3, -0.25) is 14.4 Å². The molecule has 0 aromatic heterocycles. The van der Waals surface area contributed by atoms with Crippen LogP contribution in [0.4, 0.5) is 0 Å². The lowest BCUT2D eigenvalue weighted by Crippen LogP contribution is -2.50. The van der Waals surface area contributed by atoms with E-state index in [2.05, 4.69) is 0 Å². The predicted molar refractivity (Wildman–Crippen MR) is 80.9 cm³/mol. The van der Waals surface area contributed by atoms with Crippen LogP contribution in [0.15, 0.2) is 18.2 Å². The quantitative estimate of drug-likeness (QED) is 0.727. The minimum Gasteiger partial charge on any atom is -0.507 e. The van der Waals surface area contributed by atoms with Crippen molar-refractivity contribution in [2.24, 2.45) is 0 Å². The first-order valence-corrected chi connectivity index (χ1v) is 6.98. The second-order valence-electron chi connectivity index (χ2n) is 5.87. The first kappa shape index (κ1) is 15.2. The number of Topliss-reactive ketones (excluding diaryl/α,β-unsaturated/α-hetero) is 3. The van der Waals surface area contributed by atoms with Gasteiger partial charge in [-0.05, 0) is 19.4 Å². The van der Waals surface area contributed by atoms with E-state index >= 15 is 0 Å². The number of benzene rings is 2. The minimum absolute atomic E-state index is 0.00449. The third-order valence-electron chi connectivity index (χ3n) is 4.18. The predicted octanol–water partition coefficient (Wildman–Crippen LogP) is 1.65. The highest BCUT2D eigenvalue weighted by Gasteiger charge is 2.51. The Balaban J connectivity index is 2.47. The maximum absolute atomic E-state index is 12.6. The molecule has 0 bridgehead atoms. The van der Waals surface area contributed by atoms with Crippen LogP contribution < -0.4 is 0 Å². The lowest BCUT2D eigenvalue weighted by molar-refractivity contribution is -0.119. The number of ketones is 3. The van der Waals surface area contributed by atoms with E-state index in [0.717, 1.165) is 13.0 Å². The number of aromatic hydroxyl groups is 2. The number of aliphatic hydroxyl groups is 1. The van der Waals surface area contributed by atoms with Gasteiger partial charge in [0.1, 0.15) is 17.3 Å². The Morgan fingerprint density at radius 1 is 1.09 bits per heavy atom. The molecule has 0 aliphatic heterocycles. The van der Waals surface area contributed by atoms with Crippen LogP contribution in [0.2, 0.25) is 0 Å². The molecular formula is C17H14O6. The number of aryl methyl sites for hydroxylation is 1. The van der Waals surface area contributed by atoms with E-state index in [9.17, 15) is 29.7 Å². The maximum Gasteiger partial charge on any atom is 0.207 e. The Bertz CT molecular complexity index is 911. The van der Waals surface area contributed by atoms with Gasteiger partial charge in [0.05, 0.1) is 5.56 Å². The number of phenolic OH excluding ortho intramolecular Hbond substituents is 2. The number of rotatable bonds is 2. The zero-order valence-corrected chi connectivity index (χ0v) is 12.5. The van der Waals surface area contributed by atoms with Gasteiger partial charge in [-0.25, -0.2) is 0 Å². The summed E-state index contributed by atoms with van der Waals surface area (Å²) in [5.41, 5.74) is -2.18. The molecule has 0 heterocycles. The second-order valence-corrected chi connectivity index (χ2v) is 5.87. The average Bonchev–Trinajstić information content (AvgIpc) is 2.44. The summed E-state index contributed by atoms with van der Waals surface area (Å²) in [7, 11) is 0. The summed E-state index contributed by atoms with van der Waals surface area (Å²) in [6, 6.07) is 3.98. The van der Waals surface area contributed by atoms with Crippen molar-refractivity contribution >= 4 is 28.1 Å². The van der Waals surface area contributed by atoms with Crippen molar-refractivity contribution in [3.63, 3.8) is 0 Å². The molecular weight excluding hydrogens is 300 g/mol. The zero-order valence-electron chi connectivity index (χ0n) is 12.5. The molecule has 3 rings (SSSR count). The molecule has 0 spiro atoms. The smallest absolute Gasteiger partial charge is 0.207 e. The maximum atomic E-state index is 12.6. The van der Waals surface area contributed by atoms with Gasteiger partial charge in [-0.1, -0.05) is 12.1 Å². The fourth-order valence-corrected chi connectivity index (χ4v) is 3.17. The average molecular weight is 314 g/mol. The molecule has 3 N–H and O–H groups in total. The molecule has 2 aromatic rings. The van der Waals surface area contributed by atoms with Gasteiger partial charge >= 0.3 is 0 Å². The Hall–Kier alpha value is -2.73. The number of carbonyl (C=O) groups is 3. The van der Waals surface area contributed by atoms with E-state index < -0.39 is 35.1 Å². The third kappa shape index (κ3) is 1.88. The highest BCUT2D eigenvalue weighted by molar-refractivity contribution is 6.36. The Labute approximate surface area is 131 Å². The summed E-state index contributed by atoms with van der Waals surface area (Å²) in [5, 5.41) is 31.0. The van der Waals surface area contributed by atoms with Crippen LogP contribution in [0.3, 0.4) is 0 Å². The summed E-state index contributed by atoms with van der Waals surface area (Å²) >= 11 is 0. The van der Waals surface area contributed by atoms with Gasteiger partial charge in [0.15, 0.2) is 5.60 Å². The number of hydrogen-bond acceptors (Lipinski definition) is 6. The zero-order chi connectivity index (χ0) is 17.1. The summed E-state index contributed by atoms with van der Waals surface area (Å²) < 4.78 is 0. The van der Waals surface area contributed by atoms with Gasteiger partial charge in [-0.2, -0.15) is 0 Å². The molecule has 1 aliphatic carbocycles. The normalized spacial score (nSPS) is 20.1. The summed E-state index contributed by atoms with van der Waals surface area (Å²) in [6.07, 6.45) is -0.667. The Kier molecular flexibility index (Phi) is 3.06. The Morgan fingerprint density at radius 3 is 2.35 bits per heavy atom. The summed E-state index contributed by atoms with van der Waals surface area (Å²) in [6.45, 7) is 2.85. The molecule has 1 unspecified atom stereocenters. The topological polar surface area (TPSA) is 112 Å². The fourth-order valence-electron chi connectivity index (χ4n) is 3.17. The molecule has 1 atom stereocenters. The number of carbonyl (C=O) groups excluding carboxylic acids is 3. The van der Waals surface area contributed by atoms with Crippen molar-refractivity contribution in [2.75, 3.05) is 0 Å². The third-order valence-corrected chi connectivity index (χ3v) is 4.18. The molecule has 6 nitrogen and oxygen atoms in total. The lowest BCUT2D eigenvalue weighted by atomic mass is 9.73. The molecule has 0 amide bonds. The van der Waals surface area contributed by atoms with Crippen LogP contribution in [0.5, 0.6) is 11.5 Å². The van der Waals surface area contributed by atoms with Crippen LogP contribution in [0.25, 0.3) is 10.8 Å². The summed E-state index contributed by atoms with van der Waals surface area (Å²) in [4.78, 5) is 36.7. The number of phenols is 2. The van der Waals surface area contributed by atoms with Crippen molar-refractivity contribution < 1.29 is 29.7 Å². The van der Waals surface area contributed by atoms with Gasteiger partial charge in [0.2, 0.25) is 11.6 Å². The van der Waals surface area contributed by atoms with Crippen molar-refractivity contribution in [2.45, 2.75) is 25.9 Å².